The average Bonchev–Trinajstić information content (AvgIpc) is 2.48. The minimum absolute atomic E-state index is 0.314. The number of hydrogen-bond acceptors (Lipinski definition) is 4. The van der Waals surface area contributed by atoms with Crippen LogP contribution in [0.25, 0.3) is 0 Å². The molecule has 1 unspecified atom stereocenters. The zero-order valence-corrected chi connectivity index (χ0v) is 14.1. The maximum absolute atomic E-state index is 12.1. The first kappa shape index (κ1) is 18.1. The molecule has 1 aromatic carbocycles. The highest BCUT2D eigenvalue weighted by Gasteiger charge is 2.20. The van der Waals surface area contributed by atoms with Gasteiger partial charge in [-0.1, -0.05) is 19.1 Å². The van der Waals surface area contributed by atoms with Crippen molar-refractivity contribution in [2.24, 2.45) is 17.4 Å². The van der Waals surface area contributed by atoms with Crippen molar-refractivity contribution in [1.29, 1.82) is 0 Å². The minimum Gasteiger partial charge on any atom is -0.330 e. The lowest BCUT2D eigenvalue weighted by Gasteiger charge is -2.21. The average molecular weight is 312 g/mol. The lowest BCUT2D eigenvalue weighted by molar-refractivity contribution is 0.442. The molecule has 0 aliphatic rings. The van der Waals surface area contributed by atoms with Gasteiger partial charge >= 0.3 is 0 Å². The number of rotatable bonds is 8. The highest BCUT2D eigenvalue weighted by Crippen LogP contribution is 2.28. The van der Waals surface area contributed by atoms with Gasteiger partial charge < -0.3 is 11.5 Å². The Morgan fingerprint density at radius 3 is 1.95 bits per heavy atom. The second kappa shape index (κ2) is 7.92. The monoisotopic (exact) mass is 312 g/mol. The van der Waals surface area contributed by atoms with Crippen LogP contribution in [-0.4, -0.2) is 26.8 Å². The molecule has 0 aliphatic heterocycles. The Bertz CT molecular complexity index is 520. The van der Waals surface area contributed by atoms with Crippen LogP contribution in [0.3, 0.4) is 0 Å². The Morgan fingerprint density at radius 1 is 1.05 bits per heavy atom. The van der Waals surface area contributed by atoms with Crippen LogP contribution in [0.4, 0.5) is 0 Å². The molecule has 1 aromatic rings. The first-order valence-corrected chi connectivity index (χ1v) is 9.15. The molecule has 0 saturated carbocycles. The fourth-order valence-corrected chi connectivity index (χ4v) is 3.49. The van der Waals surface area contributed by atoms with Gasteiger partial charge in [-0.25, -0.2) is 8.42 Å². The van der Waals surface area contributed by atoms with Gasteiger partial charge in [0.1, 0.15) is 0 Å². The zero-order chi connectivity index (χ0) is 16.0. The van der Waals surface area contributed by atoms with E-state index >= 15 is 0 Å². The molecule has 0 fully saturated rings. The number of benzene rings is 1. The topological polar surface area (TPSA) is 86.2 Å². The van der Waals surface area contributed by atoms with Crippen LogP contribution >= 0.6 is 0 Å². The van der Waals surface area contributed by atoms with E-state index in [9.17, 15) is 8.42 Å². The van der Waals surface area contributed by atoms with Crippen LogP contribution < -0.4 is 11.5 Å². The molecular formula is C16H28N2O2S. The molecule has 0 radical (unpaired) electrons. The Kier molecular flexibility index (Phi) is 6.84. The van der Waals surface area contributed by atoms with Crippen molar-refractivity contribution in [3.8, 4) is 0 Å². The molecule has 0 aliphatic carbocycles. The third kappa shape index (κ3) is 4.53. The quantitative estimate of drug-likeness (QED) is 0.771. The van der Waals surface area contributed by atoms with Gasteiger partial charge in [-0.3, -0.25) is 0 Å². The highest BCUT2D eigenvalue weighted by atomic mass is 32.2. The SMILES string of the molecule is CCC(CC(CN)CN)c1ccc(S(=O)(=O)C(C)C)cc1. The van der Waals surface area contributed by atoms with E-state index < -0.39 is 15.1 Å². The molecule has 120 valence electrons. The van der Waals surface area contributed by atoms with Crippen LogP contribution in [0.1, 0.15) is 45.1 Å². The molecule has 0 heterocycles. The van der Waals surface area contributed by atoms with Crippen molar-refractivity contribution >= 4 is 9.84 Å². The predicted molar refractivity (Wildman–Crippen MR) is 88.0 cm³/mol. The summed E-state index contributed by atoms with van der Waals surface area (Å²) in [5.74, 6) is 0.687. The summed E-state index contributed by atoms with van der Waals surface area (Å²) >= 11 is 0. The first-order chi connectivity index (χ1) is 9.86. The fraction of sp³-hybridized carbons (Fsp3) is 0.625. The fourth-order valence-electron chi connectivity index (χ4n) is 2.43. The van der Waals surface area contributed by atoms with E-state index in [2.05, 4.69) is 6.92 Å². The maximum Gasteiger partial charge on any atom is 0.180 e. The maximum atomic E-state index is 12.1. The van der Waals surface area contributed by atoms with Gasteiger partial charge in [0.05, 0.1) is 10.1 Å². The lowest BCUT2D eigenvalue weighted by atomic mass is 9.87. The van der Waals surface area contributed by atoms with Gasteiger partial charge in [0, 0.05) is 0 Å². The van der Waals surface area contributed by atoms with Crippen LogP contribution in [0.15, 0.2) is 29.2 Å². The third-order valence-electron chi connectivity index (χ3n) is 4.08. The molecule has 0 amide bonds. The van der Waals surface area contributed by atoms with Gasteiger partial charge in [0.25, 0.3) is 0 Å². The van der Waals surface area contributed by atoms with Gasteiger partial charge in [-0.15, -0.1) is 0 Å². The van der Waals surface area contributed by atoms with Crippen LogP contribution in [0.5, 0.6) is 0 Å². The summed E-state index contributed by atoms with van der Waals surface area (Å²) in [6.07, 6.45) is 1.94. The zero-order valence-electron chi connectivity index (χ0n) is 13.2. The normalized spacial score (nSPS) is 13.9. The largest absolute Gasteiger partial charge is 0.330 e. The number of sulfone groups is 1. The Labute approximate surface area is 128 Å². The molecule has 21 heavy (non-hydrogen) atoms. The van der Waals surface area contributed by atoms with Gasteiger partial charge in [0.2, 0.25) is 0 Å². The van der Waals surface area contributed by atoms with E-state index in [4.69, 9.17) is 11.5 Å². The predicted octanol–water partition coefficient (Wildman–Crippen LogP) is 2.29. The molecule has 5 heteroatoms. The van der Waals surface area contributed by atoms with E-state index in [1.807, 2.05) is 12.1 Å². The van der Waals surface area contributed by atoms with E-state index in [0.29, 0.717) is 29.8 Å². The summed E-state index contributed by atoms with van der Waals surface area (Å²) in [7, 11) is -3.20. The molecule has 0 bridgehead atoms. The second-order valence-corrected chi connectivity index (χ2v) is 8.35. The van der Waals surface area contributed by atoms with E-state index in [-0.39, 0.29) is 0 Å². The summed E-state index contributed by atoms with van der Waals surface area (Å²) in [5, 5.41) is -0.399. The molecule has 0 spiro atoms. The van der Waals surface area contributed by atoms with Crippen LogP contribution in [0, 0.1) is 5.92 Å². The summed E-state index contributed by atoms with van der Waals surface area (Å²) in [6, 6.07) is 7.28. The number of nitrogens with two attached hydrogens (primary N) is 2. The molecule has 1 atom stereocenters. The van der Waals surface area contributed by atoms with Gasteiger partial charge in [0.15, 0.2) is 9.84 Å². The first-order valence-electron chi connectivity index (χ1n) is 7.60. The van der Waals surface area contributed by atoms with Crippen molar-refractivity contribution in [1.82, 2.24) is 0 Å². The molecular weight excluding hydrogens is 284 g/mol. The van der Waals surface area contributed by atoms with E-state index in [1.54, 1.807) is 26.0 Å². The molecule has 4 nitrogen and oxygen atoms in total. The van der Waals surface area contributed by atoms with E-state index in [1.165, 1.54) is 0 Å². The van der Waals surface area contributed by atoms with Gasteiger partial charge in [-0.05, 0) is 69.3 Å². The summed E-state index contributed by atoms with van der Waals surface area (Å²) < 4.78 is 24.2. The van der Waals surface area contributed by atoms with Crippen molar-refractivity contribution in [2.75, 3.05) is 13.1 Å². The third-order valence-corrected chi connectivity index (χ3v) is 6.25. The second-order valence-electron chi connectivity index (χ2n) is 5.84. The molecule has 0 saturated heterocycles. The van der Waals surface area contributed by atoms with Crippen molar-refractivity contribution < 1.29 is 8.42 Å². The smallest absolute Gasteiger partial charge is 0.180 e. The lowest BCUT2D eigenvalue weighted by Crippen LogP contribution is -2.25. The molecule has 4 N–H and O–H groups in total. The van der Waals surface area contributed by atoms with Crippen molar-refractivity contribution in [2.45, 2.75) is 49.7 Å². The summed E-state index contributed by atoms with van der Waals surface area (Å²) in [4.78, 5) is 0.394. The Hall–Kier alpha value is -0.910. The molecule has 1 rings (SSSR count). The number of hydrogen-bond donors (Lipinski definition) is 2. The standard InChI is InChI=1S/C16H28N2O2S/c1-4-14(9-13(10-17)11-18)15-5-7-16(8-6-15)21(19,20)12(2)3/h5-8,12-14H,4,9-11,17-18H2,1-3H3. The van der Waals surface area contributed by atoms with Crippen LogP contribution in [-0.2, 0) is 9.84 Å². The highest BCUT2D eigenvalue weighted by molar-refractivity contribution is 7.92. The minimum atomic E-state index is -3.20. The summed E-state index contributed by atoms with van der Waals surface area (Å²) in [6.45, 7) is 6.71. The Morgan fingerprint density at radius 2 is 1.57 bits per heavy atom. The Balaban J connectivity index is 2.95. The molecule has 0 aromatic heterocycles. The van der Waals surface area contributed by atoms with Crippen molar-refractivity contribution in [3.63, 3.8) is 0 Å². The van der Waals surface area contributed by atoms with Gasteiger partial charge in [-0.2, -0.15) is 0 Å². The summed E-state index contributed by atoms with van der Waals surface area (Å²) in [5.41, 5.74) is 12.6. The van der Waals surface area contributed by atoms with E-state index in [0.717, 1.165) is 18.4 Å². The van der Waals surface area contributed by atoms with Crippen LogP contribution in [0.2, 0.25) is 0 Å². The van der Waals surface area contributed by atoms with Crippen molar-refractivity contribution in [3.05, 3.63) is 29.8 Å².